The fourth-order valence-corrected chi connectivity index (χ4v) is 2.40. The van der Waals surface area contributed by atoms with Crippen molar-refractivity contribution in [2.75, 3.05) is 17.2 Å². The number of hydrogen-bond acceptors (Lipinski definition) is 6. The fourth-order valence-electron chi connectivity index (χ4n) is 2.40. The summed E-state index contributed by atoms with van der Waals surface area (Å²) in [7, 11) is 0. The van der Waals surface area contributed by atoms with Crippen LogP contribution in [0.1, 0.15) is 12.3 Å². The Hall–Kier alpha value is -4.01. The molecule has 3 aromatic rings. The zero-order chi connectivity index (χ0) is 20.5. The van der Waals surface area contributed by atoms with Crippen molar-refractivity contribution in [3.05, 3.63) is 67.3 Å². The molecule has 0 atom stereocenters. The molecule has 3 rings (SSSR count). The smallest absolute Gasteiger partial charge is 0.319 e. The summed E-state index contributed by atoms with van der Waals surface area (Å²) in [5.74, 6) is 0.665. The molecule has 0 aliphatic heterocycles. The maximum Gasteiger partial charge on any atom is 0.319 e. The molecule has 0 saturated heterocycles. The van der Waals surface area contributed by atoms with Gasteiger partial charge in [0.05, 0.1) is 0 Å². The van der Waals surface area contributed by atoms with Gasteiger partial charge in [-0.05, 0) is 36.4 Å². The van der Waals surface area contributed by atoms with E-state index < -0.39 is 0 Å². The van der Waals surface area contributed by atoms with Gasteiger partial charge in [0.25, 0.3) is 0 Å². The lowest BCUT2D eigenvalue weighted by Gasteiger charge is -2.08. The summed E-state index contributed by atoms with van der Waals surface area (Å²) in [4.78, 5) is 32.0. The number of nitrogens with zero attached hydrogens (tertiary/aromatic N) is 3. The van der Waals surface area contributed by atoms with Gasteiger partial charge in [0.15, 0.2) is 0 Å². The number of carbonyl (C=O) groups is 2. The van der Waals surface area contributed by atoms with E-state index >= 15 is 0 Å². The average molecular weight is 392 g/mol. The summed E-state index contributed by atoms with van der Waals surface area (Å²) in [6.45, 7) is 3.91. The second-order valence-corrected chi connectivity index (χ2v) is 6.00. The van der Waals surface area contributed by atoms with Crippen LogP contribution >= 0.6 is 0 Å². The van der Waals surface area contributed by atoms with E-state index in [-0.39, 0.29) is 18.4 Å². The van der Waals surface area contributed by atoms with Gasteiger partial charge in [-0.25, -0.2) is 4.79 Å². The van der Waals surface area contributed by atoms with Gasteiger partial charge in [-0.3, -0.25) is 9.78 Å². The number of rotatable bonds is 8. The predicted molar refractivity (Wildman–Crippen MR) is 108 cm³/mol. The maximum absolute atomic E-state index is 12.1. The van der Waals surface area contributed by atoms with Gasteiger partial charge in [-0.2, -0.15) is 4.98 Å². The molecule has 3 N–H and O–H groups in total. The van der Waals surface area contributed by atoms with Crippen LogP contribution in [0.5, 0.6) is 0 Å². The zero-order valence-electron chi connectivity index (χ0n) is 15.6. The van der Waals surface area contributed by atoms with Crippen molar-refractivity contribution >= 4 is 23.3 Å². The summed E-state index contributed by atoms with van der Waals surface area (Å²) >= 11 is 0. The third-order valence-electron chi connectivity index (χ3n) is 3.81. The molecule has 9 nitrogen and oxygen atoms in total. The highest BCUT2D eigenvalue weighted by atomic mass is 16.5. The zero-order valence-corrected chi connectivity index (χ0v) is 15.6. The Morgan fingerprint density at radius 2 is 1.72 bits per heavy atom. The van der Waals surface area contributed by atoms with Gasteiger partial charge in [-0.15, -0.1) is 6.58 Å². The standard InChI is InChI=1S/C20H20N6O3/c1-2-11-22-20(28)24-16-5-3-15(4-6-16)23-17(27)7-8-18-25-19(26-29-18)14-9-12-21-13-10-14/h2-6,9-10,12-13H,1,7-8,11H2,(H,23,27)(H2,22,24,28). The SMILES string of the molecule is C=CCNC(=O)Nc1ccc(NC(=O)CCc2nc(-c3ccncc3)no2)cc1. The molecule has 2 heterocycles. The molecule has 148 valence electrons. The molecule has 2 aromatic heterocycles. The van der Waals surface area contributed by atoms with Crippen molar-refractivity contribution in [1.29, 1.82) is 0 Å². The van der Waals surface area contributed by atoms with E-state index in [1.165, 1.54) is 0 Å². The summed E-state index contributed by atoms with van der Waals surface area (Å²) in [6, 6.07) is 10.0. The van der Waals surface area contributed by atoms with Crippen LogP contribution in [0.3, 0.4) is 0 Å². The van der Waals surface area contributed by atoms with Crippen LogP contribution in [-0.2, 0) is 11.2 Å². The topological polar surface area (TPSA) is 122 Å². The van der Waals surface area contributed by atoms with Crippen LogP contribution in [0, 0.1) is 0 Å². The lowest BCUT2D eigenvalue weighted by atomic mass is 10.2. The van der Waals surface area contributed by atoms with E-state index in [0.29, 0.717) is 36.1 Å². The van der Waals surface area contributed by atoms with E-state index in [4.69, 9.17) is 4.52 Å². The second kappa shape index (κ2) is 9.79. The average Bonchev–Trinajstić information content (AvgIpc) is 3.22. The largest absolute Gasteiger partial charge is 0.339 e. The van der Waals surface area contributed by atoms with Gasteiger partial charge in [0.2, 0.25) is 17.6 Å². The number of aryl methyl sites for hydroxylation is 1. The Bertz CT molecular complexity index is 969. The summed E-state index contributed by atoms with van der Waals surface area (Å²) in [5.41, 5.74) is 2.03. The number of benzene rings is 1. The van der Waals surface area contributed by atoms with Crippen LogP contribution in [0.4, 0.5) is 16.2 Å². The molecule has 9 heteroatoms. The normalized spacial score (nSPS) is 10.2. The fraction of sp³-hybridized carbons (Fsp3) is 0.150. The molecular weight excluding hydrogens is 372 g/mol. The van der Waals surface area contributed by atoms with Crippen molar-refractivity contribution in [2.24, 2.45) is 0 Å². The minimum absolute atomic E-state index is 0.182. The number of aromatic nitrogens is 3. The second-order valence-electron chi connectivity index (χ2n) is 6.00. The molecule has 0 fully saturated rings. The van der Waals surface area contributed by atoms with E-state index in [1.54, 1.807) is 54.9 Å². The molecule has 0 bridgehead atoms. The molecule has 0 aliphatic carbocycles. The van der Waals surface area contributed by atoms with Gasteiger partial charge < -0.3 is 20.5 Å². The minimum Gasteiger partial charge on any atom is -0.339 e. The van der Waals surface area contributed by atoms with E-state index in [9.17, 15) is 9.59 Å². The Labute approximate surface area is 167 Å². The van der Waals surface area contributed by atoms with Crippen molar-refractivity contribution in [2.45, 2.75) is 12.8 Å². The number of anilines is 2. The van der Waals surface area contributed by atoms with Crippen LogP contribution in [-0.4, -0.2) is 33.6 Å². The molecule has 0 radical (unpaired) electrons. The van der Waals surface area contributed by atoms with Crippen molar-refractivity contribution < 1.29 is 14.1 Å². The third kappa shape index (κ3) is 5.99. The summed E-state index contributed by atoms with van der Waals surface area (Å²) in [6.07, 6.45) is 5.40. The molecule has 3 amide bonds. The van der Waals surface area contributed by atoms with Crippen molar-refractivity contribution in [3.8, 4) is 11.4 Å². The predicted octanol–water partition coefficient (Wildman–Crippen LogP) is 3.01. The van der Waals surface area contributed by atoms with E-state index in [1.807, 2.05) is 0 Å². The van der Waals surface area contributed by atoms with Crippen LogP contribution in [0.15, 0.2) is 66.0 Å². The van der Waals surface area contributed by atoms with Crippen LogP contribution < -0.4 is 16.0 Å². The van der Waals surface area contributed by atoms with Gasteiger partial charge in [-0.1, -0.05) is 11.2 Å². The first-order chi connectivity index (χ1) is 14.1. The molecule has 0 aliphatic rings. The quantitative estimate of drug-likeness (QED) is 0.507. The number of carbonyl (C=O) groups excluding carboxylic acids is 2. The van der Waals surface area contributed by atoms with Crippen molar-refractivity contribution in [1.82, 2.24) is 20.4 Å². The van der Waals surface area contributed by atoms with Gasteiger partial charge >= 0.3 is 6.03 Å². The number of urea groups is 1. The van der Waals surface area contributed by atoms with Crippen LogP contribution in [0.25, 0.3) is 11.4 Å². The number of hydrogen-bond donors (Lipinski definition) is 3. The van der Waals surface area contributed by atoms with E-state index in [2.05, 4.69) is 37.7 Å². The molecule has 0 unspecified atom stereocenters. The van der Waals surface area contributed by atoms with Gasteiger partial charge in [0.1, 0.15) is 0 Å². The Kier molecular flexibility index (Phi) is 6.66. The summed E-state index contributed by atoms with van der Waals surface area (Å²) in [5, 5.41) is 12.0. The maximum atomic E-state index is 12.1. The Morgan fingerprint density at radius 3 is 2.41 bits per heavy atom. The lowest BCUT2D eigenvalue weighted by molar-refractivity contribution is -0.116. The first kappa shape index (κ1) is 19.7. The summed E-state index contributed by atoms with van der Waals surface area (Å²) < 4.78 is 5.19. The minimum atomic E-state index is -0.327. The third-order valence-corrected chi connectivity index (χ3v) is 3.81. The highest BCUT2D eigenvalue weighted by Crippen LogP contribution is 2.16. The van der Waals surface area contributed by atoms with Gasteiger partial charge in [0, 0.05) is 48.7 Å². The highest BCUT2D eigenvalue weighted by Gasteiger charge is 2.11. The first-order valence-electron chi connectivity index (χ1n) is 8.92. The molecule has 0 spiro atoms. The molecule has 1 aromatic carbocycles. The van der Waals surface area contributed by atoms with E-state index in [0.717, 1.165) is 5.56 Å². The monoisotopic (exact) mass is 392 g/mol. The Balaban J connectivity index is 1.46. The highest BCUT2D eigenvalue weighted by molar-refractivity contribution is 5.92. The number of amides is 3. The molecule has 29 heavy (non-hydrogen) atoms. The molecule has 0 saturated carbocycles. The van der Waals surface area contributed by atoms with Crippen LogP contribution in [0.2, 0.25) is 0 Å². The Morgan fingerprint density at radius 1 is 1.03 bits per heavy atom. The van der Waals surface area contributed by atoms with Crippen molar-refractivity contribution in [3.63, 3.8) is 0 Å². The number of pyridine rings is 1. The number of nitrogens with one attached hydrogen (secondary N) is 3. The first-order valence-corrected chi connectivity index (χ1v) is 8.92. The molecular formula is C20H20N6O3. The lowest BCUT2D eigenvalue weighted by Crippen LogP contribution is -2.28.